The smallest absolute Gasteiger partial charge is 0.276 e. The Morgan fingerprint density at radius 3 is 3.07 bits per heavy atom. The Morgan fingerprint density at radius 2 is 2.40 bits per heavy atom. The van der Waals surface area contributed by atoms with Crippen LogP contribution >= 0.6 is 0 Å². The van der Waals surface area contributed by atoms with Crippen LogP contribution in [0.1, 0.15) is 5.82 Å². The van der Waals surface area contributed by atoms with Gasteiger partial charge in [0.05, 0.1) is 0 Å². The van der Waals surface area contributed by atoms with E-state index in [0.29, 0.717) is 11.7 Å². The number of nitrogens with zero attached hydrogens (tertiary/aromatic N) is 4. The Balaban J connectivity index is 2.17. The molecule has 0 saturated carbocycles. The van der Waals surface area contributed by atoms with E-state index >= 15 is 0 Å². The lowest BCUT2D eigenvalue weighted by molar-refractivity contribution is 0.419. The number of hydrogen-bond acceptors (Lipinski definition) is 5. The van der Waals surface area contributed by atoms with Gasteiger partial charge >= 0.3 is 0 Å². The van der Waals surface area contributed by atoms with Gasteiger partial charge in [0.2, 0.25) is 0 Å². The molecule has 0 aliphatic carbocycles. The van der Waals surface area contributed by atoms with Gasteiger partial charge in [-0.15, -0.1) is 0 Å². The number of nitrogens with one attached hydrogen (secondary N) is 1. The normalized spacial score (nSPS) is 10.8. The van der Waals surface area contributed by atoms with Crippen molar-refractivity contribution in [2.24, 2.45) is 7.05 Å². The quantitative estimate of drug-likeness (QED) is 0.777. The van der Waals surface area contributed by atoms with E-state index in [1.54, 1.807) is 10.9 Å². The van der Waals surface area contributed by atoms with Crippen molar-refractivity contribution in [2.45, 2.75) is 6.42 Å². The van der Waals surface area contributed by atoms with E-state index in [1.165, 1.54) is 0 Å². The molecular formula is C9H13N5O. The van der Waals surface area contributed by atoms with Crippen LogP contribution in [-0.4, -0.2) is 33.5 Å². The fourth-order valence-corrected chi connectivity index (χ4v) is 1.28. The third kappa shape index (κ3) is 2.04. The molecular weight excluding hydrogens is 194 g/mol. The summed E-state index contributed by atoms with van der Waals surface area (Å²) in [7, 11) is 3.73. The van der Waals surface area contributed by atoms with Crippen LogP contribution in [0.2, 0.25) is 0 Å². The van der Waals surface area contributed by atoms with E-state index in [0.717, 1.165) is 18.7 Å². The summed E-state index contributed by atoms with van der Waals surface area (Å²) < 4.78 is 6.84. The molecule has 0 radical (unpaired) electrons. The molecule has 2 aromatic rings. The van der Waals surface area contributed by atoms with Gasteiger partial charge in [0.15, 0.2) is 5.82 Å². The van der Waals surface area contributed by atoms with E-state index in [2.05, 4.69) is 20.6 Å². The number of aryl methyl sites for hydroxylation is 1. The minimum atomic E-state index is 0.515. The first-order valence-corrected chi connectivity index (χ1v) is 4.77. The molecule has 6 heteroatoms. The molecule has 0 spiro atoms. The van der Waals surface area contributed by atoms with Crippen molar-refractivity contribution in [3.8, 4) is 11.6 Å². The van der Waals surface area contributed by atoms with Gasteiger partial charge in [-0.1, -0.05) is 5.16 Å². The zero-order chi connectivity index (χ0) is 10.7. The Kier molecular flexibility index (Phi) is 2.77. The molecule has 0 saturated heterocycles. The lowest BCUT2D eigenvalue weighted by atomic mass is 10.4. The van der Waals surface area contributed by atoms with Crippen LogP contribution in [0.5, 0.6) is 0 Å². The van der Waals surface area contributed by atoms with E-state index in [4.69, 9.17) is 4.52 Å². The van der Waals surface area contributed by atoms with Crippen molar-refractivity contribution in [3.05, 3.63) is 18.1 Å². The van der Waals surface area contributed by atoms with Gasteiger partial charge in [-0.2, -0.15) is 10.1 Å². The molecule has 0 atom stereocenters. The van der Waals surface area contributed by atoms with Gasteiger partial charge < -0.3 is 9.84 Å². The van der Waals surface area contributed by atoms with E-state index in [9.17, 15) is 0 Å². The SMILES string of the molecule is CNCCc1noc(-c2ccnn2C)n1. The van der Waals surface area contributed by atoms with Crippen molar-refractivity contribution in [1.29, 1.82) is 0 Å². The fourth-order valence-electron chi connectivity index (χ4n) is 1.28. The second-order valence-electron chi connectivity index (χ2n) is 3.21. The van der Waals surface area contributed by atoms with E-state index < -0.39 is 0 Å². The van der Waals surface area contributed by atoms with Crippen LogP contribution in [0.15, 0.2) is 16.8 Å². The fraction of sp³-hybridized carbons (Fsp3) is 0.444. The molecule has 0 aromatic carbocycles. The van der Waals surface area contributed by atoms with Gasteiger partial charge in [0.25, 0.3) is 5.89 Å². The van der Waals surface area contributed by atoms with Crippen LogP contribution in [0.25, 0.3) is 11.6 Å². The third-order valence-electron chi connectivity index (χ3n) is 2.11. The summed E-state index contributed by atoms with van der Waals surface area (Å²) in [5.41, 5.74) is 0.832. The number of rotatable bonds is 4. The minimum absolute atomic E-state index is 0.515. The topological polar surface area (TPSA) is 68.8 Å². The second kappa shape index (κ2) is 4.22. The molecule has 6 nitrogen and oxygen atoms in total. The summed E-state index contributed by atoms with van der Waals surface area (Å²) in [5, 5.41) is 11.0. The van der Waals surface area contributed by atoms with Gasteiger partial charge in [-0.3, -0.25) is 4.68 Å². The second-order valence-corrected chi connectivity index (χ2v) is 3.21. The van der Waals surface area contributed by atoms with Crippen molar-refractivity contribution >= 4 is 0 Å². The van der Waals surface area contributed by atoms with Crippen molar-refractivity contribution in [1.82, 2.24) is 25.2 Å². The molecule has 2 aromatic heterocycles. The Morgan fingerprint density at radius 1 is 1.53 bits per heavy atom. The first-order valence-electron chi connectivity index (χ1n) is 4.77. The maximum atomic E-state index is 5.14. The first kappa shape index (κ1) is 9.85. The third-order valence-corrected chi connectivity index (χ3v) is 2.11. The highest BCUT2D eigenvalue weighted by Gasteiger charge is 2.11. The molecule has 15 heavy (non-hydrogen) atoms. The largest absolute Gasteiger partial charge is 0.332 e. The molecule has 0 fully saturated rings. The summed E-state index contributed by atoms with van der Waals surface area (Å²) in [6.07, 6.45) is 2.46. The molecule has 0 unspecified atom stereocenters. The van der Waals surface area contributed by atoms with Gasteiger partial charge in [-0.25, -0.2) is 0 Å². The molecule has 0 aliphatic rings. The highest BCUT2D eigenvalue weighted by atomic mass is 16.5. The van der Waals surface area contributed by atoms with Gasteiger partial charge in [0, 0.05) is 26.2 Å². The van der Waals surface area contributed by atoms with Gasteiger partial charge in [-0.05, 0) is 13.1 Å². The average Bonchev–Trinajstić information content (AvgIpc) is 2.83. The maximum absolute atomic E-state index is 5.14. The van der Waals surface area contributed by atoms with Crippen molar-refractivity contribution in [3.63, 3.8) is 0 Å². The van der Waals surface area contributed by atoms with Crippen LogP contribution in [-0.2, 0) is 13.5 Å². The van der Waals surface area contributed by atoms with Gasteiger partial charge in [0.1, 0.15) is 5.69 Å². The van der Waals surface area contributed by atoms with Crippen LogP contribution in [0.3, 0.4) is 0 Å². The lowest BCUT2D eigenvalue weighted by Gasteiger charge is -1.93. The van der Waals surface area contributed by atoms with Crippen molar-refractivity contribution in [2.75, 3.05) is 13.6 Å². The highest BCUT2D eigenvalue weighted by molar-refractivity contribution is 5.45. The number of hydrogen-bond donors (Lipinski definition) is 1. The van der Waals surface area contributed by atoms with Crippen LogP contribution < -0.4 is 5.32 Å². The minimum Gasteiger partial charge on any atom is -0.332 e. The predicted molar refractivity (Wildman–Crippen MR) is 54.1 cm³/mol. The van der Waals surface area contributed by atoms with Crippen LogP contribution in [0.4, 0.5) is 0 Å². The summed E-state index contributed by atoms with van der Waals surface area (Å²) in [5.74, 6) is 1.22. The zero-order valence-electron chi connectivity index (χ0n) is 8.77. The molecule has 0 bridgehead atoms. The summed E-state index contributed by atoms with van der Waals surface area (Å²) in [6.45, 7) is 0.838. The summed E-state index contributed by atoms with van der Waals surface area (Å²) >= 11 is 0. The maximum Gasteiger partial charge on any atom is 0.276 e. The van der Waals surface area contributed by atoms with E-state index in [-0.39, 0.29) is 0 Å². The molecule has 80 valence electrons. The average molecular weight is 207 g/mol. The monoisotopic (exact) mass is 207 g/mol. The Hall–Kier alpha value is -1.69. The summed E-state index contributed by atoms with van der Waals surface area (Å²) in [4.78, 5) is 4.27. The molecule has 0 amide bonds. The standard InChI is InChI=1S/C9H13N5O/c1-10-5-4-8-12-9(15-13-8)7-3-6-11-14(7)2/h3,6,10H,4-5H2,1-2H3. The first-order chi connectivity index (χ1) is 7.31. The molecule has 1 N–H and O–H groups in total. The lowest BCUT2D eigenvalue weighted by Crippen LogP contribution is -2.11. The Labute approximate surface area is 87.3 Å². The Bertz CT molecular complexity index is 433. The molecule has 0 aliphatic heterocycles. The van der Waals surface area contributed by atoms with E-state index in [1.807, 2.05) is 20.2 Å². The summed E-state index contributed by atoms with van der Waals surface area (Å²) in [6, 6.07) is 1.84. The molecule has 2 rings (SSSR count). The van der Waals surface area contributed by atoms with Crippen LogP contribution in [0, 0.1) is 0 Å². The number of likely N-dealkylation sites (N-methyl/N-ethyl adjacent to an activating group) is 1. The predicted octanol–water partition coefficient (Wildman–Crippen LogP) is 0.232. The highest BCUT2D eigenvalue weighted by Crippen LogP contribution is 2.15. The van der Waals surface area contributed by atoms with Crippen molar-refractivity contribution < 1.29 is 4.52 Å². The molecule has 2 heterocycles. The zero-order valence-corrected chi connectivity index (χ0v) is 8.77. The number of aromatic nitrogens is 4.